The van der Waals surface area contributed by atoms with Gasteiger partial charge in [-0.15, -0.1) is 12.3 Å². The van der Waals surface area contributed by atoms with Crippen LogP contribution in [0.5, 0.6) is 0 Å². The Morgan fingerprint density at radius 1 is 1.02 bits per heavy atom. The quantitative estimate of drug-likeness (QED) is 0.0688. The maximum atomic E-state index is 10.9. The number of carbonyl (C=O) groups is 1. The van der Waals surface area contributed by atoms with Crippen LogP contribution >= 0.6 is 0 Å². The number of hydrogen-bond donors (Lipinski definition) is 1. The smallest absolute Gasteiger partial charge is 0.126 e. The molecule has 0 spiro atoms. The van der Waals surface area contributed by atoms with E-state index in [2.05, 4.69) is 94.4 Å². The zero-order valence-corrected chi connectivity index (χ0v) is 31.0. The molecule has 2 aliphatic rings. The number of nitrogens with one attached hydrogen (secondary N) is 1. The van der Waals surface area contributed by atoms with Crippen LogP contribution in [0.15, 0.2) is 24.4 Å². The summed E-state index contributed by atoms with van der Waals surface area (Å²) in [6.07, 6.45) is 19.3. The van der Waals surface area contributed by atoms with Crippen molar-refractivity contribution >= 4 is 6.29 Å². The van der Waals surface area contributed by atoms with Crippen molar-refractivity contribution in [2.24, 2.45) is 29.6 Å². The fourth-order valence-electron chi connectivity index (χ4n) is 7.03. The normalized spacial score (nSPS) is 22.0. The topological polar surface area (TPSA) is 38.8 Å². The number of aldehydes is 1. The fraction of sp³-hybridized carbons (Fsp3) is 0.821. The van der Waals surface area contributed by atoms with E-state index in [1.807, 2.05) is 14.0 Å². The molecular formula is C39H74N4O. The van der Waals surface area contributed by atoms with Gasteiger partial charge in [-0.3, -0.25) is 0 Å². The van der Waals surface area contributed by atoms with Crippen molar-refractivity contribution < 1.29 is 4.79 Å². The summed E-state index contributed by atoms with van der Waals surface area (Å²) >= 11 is 0. The van der Waals surface area contributed by atoms with Crippen LogP contribution in [0.2, 0.25) is 0 Å². The molecule has 2 rings (SSSR count). The molecular weight excluding hydrogens is 540 g/mol. The van der Waals surface area contributed by atoms with E-state index in [9.17, 15) is 4.79 Å². The molecule has 256 valence electrons. The van der Waals surface area contributed by atoms with Gasteiger partial charge in [0.2, 0.25) is 0 Å². The van der Waals surface area contributed by atoms with Gasteiger partial charge in [0, 0.05) is 42.7 Å². The predicted octanol–water partition coefficient (Wildman–Crippen LogP) is 8.13. The average Bonchev–Trinajstić information content (AvgIpc) is 2.95. The zero-order chi connectivity index (χ0) is 33.7. The molecule has 0 radical (unpaired) electrons. The van der Waals surface area contributed by atoms with E-state index in [0.717, 1.165) is 61.0 Å². The second kappa shape index (κ2) is 24.6. The molecule has 1 saturated heterocycles. The minimum absolute atomic E-state index is 0.000359. The lowest BCUT2D eigenvalue weighted by molar-refractivity contribution is -0.109. The van der Waals surface area contributed by atoms with E-state index in [1.165, 1.54) is 83.1 Å². The average molecular weight is 615 g/mol. The molecule has 5 atom stereocenters. The lowest BCUT2D eigenvalue weighted by atomic mass is 9.80. The molecule has 1 aliphatic carbocycles. The molecule has 0 amide bonds. The number of hydrogen-bond acceptors (Lipinski definition) is 5. The van der Waals surface area contributed by atoms with Crippen molar-refractivity contribution in [2.45, 2.75) is 124 Å². The monoisotopic (exact) mass is 615 g/mol. The molecule has 1 N–H and O–H groups in total. The van der Waals surface area contributed by atoms with Gasteiger partial charge in [0.25, 0.3) is 0 Å². The Kier molecular flexibility index (Phi) is 23.7. The van der Waals surface area contributed by atoms with E-state index in [-0.39, 0.29) is 5.92 Å². The Labute approximate surface area is 275 Å². The van der Waals surface area contributed by atoms with Crippen LogP contribution in [0.25, 0.3) is 0 Å². The Morgan fingerprint density at radius 2 is 1.61 bits per heavy atom. The van der Waals surface area contributed by atoms with Crippen LogP contribution in [-0.2, 0) is 4.79 Å². The third-order valence-electron chi connectivity index (χ3n) is 10.1. The molecule has 0 aromatic carbocycles. The van der Waals surface area contributed by atoms with Crippen LogP contribution in [0.4, 0.5) is 0 Å². The Morgan fingerprint density at radius 3 is 2.09 bits per heavy atom. The number of likely N-dealkylation sites (tertiary alicyclic amines) is 1. The molecule has 0 bridgehead atoms. The standard InChI is InChI=1S/C26H49N3O.C10H21N.C3H4/c1-8-24(15-14-21(3)22(4)20-30)13-11-17-28(7)26(9-2)25-18-29(19-25)23(5)12-10-16-27-6;1-8-5-9(2)7-10(6-8)11(3)4;1-3-2/h20,22,24-27H,3,5,8-19H2,1-2,4,6-7H3;8-10H,5-7H2,1-4H3;1H,2H3. The van der Waals surface area contributed by atoms with Crippen LogP contribution in [0.1, 0.15) is 112 Å². The van der Waals surface area contributed by atoms with Crippen LogP contribution in [0.3, 0.4) is 0 Å². The fourth-order valence-corrected chi connectivity index (χ4v) is 7.03. The van der Waals surface area contributed by atoms with Gasteiger partial charge in [0.1, 0.15) is 6.29 Å². The molecule has 44 heavy (non-hydrogen) atoms. The summed E-state index contributed by atoms with van der Waals surface area (Å²) in [4.78, 5) is 18.4. The molecule has 1 heterocycles. The third-order valence-corrected chi connectivity index (χ3v) is 10.1. The van der Waals surface area contributed by atoms with Crippen LogP contribution in [-0.4, -0.2) is 87.4 Å². The van der Waals surface area contributed by atoms with Gasteiger partial charge in [-0.05, 0) is 130 Å². The molecule has 5 heteroatoms. The molecule has 5 unspecified atom stereocenters. The number of allylic oxidation sites excluding steroid dienone is 2. The van der Waals surface area contributed by atoms with Gasteiger partial charge in [0.15, 0.2) is 0 Å². The van der Waals surface area contributed by atoms with E-state index >= 15 is 0 Å². The van der Waals surface area contributed by atoms with E-state index in [0.29, 0.717) is 6.04 Å². The van der Waals surface area contributed by atoms with Crippen LogP contribution in [0, 0.1) is 41.9 Å². The SMILES string of the molecule is C#CC.C=C(CCC(CC)CCCN(C)C(CC)C1CN(C(=C)CCCNC)C1)C(C)C=O.CC1CC(C)CC(N(C)C)C1. The zero-order valence-electron chi connectivity index (χ0n) is 31.0. The first kappa shape index (κ1) is 42.4. The van der Waals surface area contributed by atoms with Gasteiger partial charge in [-0.1, -0.05) is 59.8 Å². The van der Waals surface area contributed by atoms with Gasteiger partial charge in [-0.2, -0.15) is 0 Å². The second-order valence-electron chi connectivity index (χ2n) is 14.3. The Hall–Kier alpha value is -1.61. The van der Waals surface area contributed by atoms with Crippen molar-refractivity contribution in [1.82, 2.24) is 20.0 Å². The maximum absolute atomic E-state index is 10.9. The summed E-state index contributed by atoms with van der Waals surface area (Å²) < 4.78 is 0. The van der Waals surface area contributed by atoms with Crippen LogP contribution < -0.4 is 5.32 Å². The number of nitrogens with zero attached hydrogens (tertiary/aromatic N) is 3. The molecule has 0 aromatic rings. The van der Waals surface area contributed by atoms with Crippen molar-refractivity contribution in [3.63, 3.8) is 0 Å². The summed E-state index contributed by atoms with van der Waals surface area (Å²) in [6.45, 7) is 26.0. The molecule has 2 fully saturated rings. The number of carbonyl (C=O) groups excluding carboxylic acids is 1. The van der Waals surface area contributed by atoms with Gasteiger partial charge < -0.3 is 24.8 Å². The highest BCUT2D eigenvalue weighted by molar-refractivity contribution is 5.57. The highest BCUT2D eigenvalue weighted by Gasteiger charge is 2.34. The minimum atomic E-state index is 0.000359. The summed E-state index contributed by atoms with van der Waals surface area (Å²) in [5, 5.41) is 3.22. The second-order valence-corrected chi connectivity index (χ2v) is 14.3. The number of terminal acetylenes is 1. The van der Waals surface area contributed by atoms with Gasteiger partial charge >= 0.3 is 0 Å². The van der Waals surface area contributed by atoms with E-state index in [4.69, 9.17) is 0 Å². The van der Waals surface area contributed by atoms with Gasteiger partial charge in [-0.25, -0.2) is 0 Å². The highest BCUT2D eigenvalue weighted by Crippen LogP contribution is 2.31. The molecule has 0 aromatic heterocycles. The van der Waals surface area contributed by atoms with E-state index in [1.54, 1.807) is 6.92 Å². The maximum Gasteiger partial charge on any atom is 0.126 e. The van der Waals surface area contributed by atoms with Crippen molar-refractivity contribution in [2.75, 3.05) is 54.4 Å². The van der Waals surface area contributed by atoms with Crippen molar-refractivity contribution in [3.8, 4) is 12.3 Å². The number of rotatable bonds is 19. The Bertz CT molecular complexity index is 801. The first-order chi connectivity index (χ1) is 20.9. The first-order valence-corrected chi connectivity index (χ1v) is 17.8. The predicted molar refractivity (Wildman–Crippen MR) is 195 cm³/mol. The lowest BCUT2D eigenvalue weighted by Gasteiger charge is -2.48. The Balaban J connectivity index is 0.00000109. The first-order valence-electron chi connectivity index (χ1n) is 17.8. The van der Waals surface area contributed by atoms with Gasteiger partial charge in [0.05, 0.1) is 0 Å². The summed E-state index contributed by atoms with van der Waals surface area (Å²) in [6, 6.07) is 1.52. The molecule has 5 nitrogen and oxygen atoms in total. The molecule has 1 saturated carbocycles. The van der Waals surface area contributed by atoms with E-state index < -0.39 is 0 Å². The third kappa shape index (κ3) is 17.2. The molecule has 1 aliphatic heterocycles. The van der Waals surface area contributed by atoms with Crippen molar-refractivity contribution in [1.29, 1.82) is 0 Å². The lowest BCUT2D eigenvalue weighted by Crippen LogP contribution is -2.55. The summed E-state index contributed by atoms with van der Waals surface area (Å²) in [7, 11) is 8.73. The van der Waals surface area contributed by atoms with Crippen molar-refractivity contribution in [3.05, 3.63) is 24.4 Å². The largest absolute Gasteiger partial charge is 0.374 e. The minimum Gasteiger partial charge on any atom is -0.374 e. The summed E-state index contributed by atoms with van der Waals surface area (Å²) in [5.74, 6) is 5.64. The highest BCUT2D eigenvalue weighted by atomic mass is 16.1. The summed E-state index contributed by atoms with van der Waals surface area (Å²) in [5.41, 5.74) is 2.41.